The number of ketones is 1. The second kappa shape index (κ2) is 8.42. The van der Waals surface area contributed by atoms with Gasteiger partial charge in [-0.3, -0.25) is 24.1 Å². The molecule has 0 unspecified atom stereocenters. The molecule has 0 spiro atoms. The lowest BCUT2D eigenvalue weighted by molar-refractivity contribution is -0.146. The predicted molar refractivity (Wildman–Crippen MR) is 102 cm³/mol. The van der Waals surface area contributed by atoms with Crippen molar-refractivity contribution in [2.75, 3.05) is 37.6 Å². The molecule has 0 radical (unpaired) electrons. The molecule has 1 aliphatic heterocycles. The van der Waals surface area contributed by atoms with Gasteiger partial charge in [-0.05, 0) is 24.3 Å². The minimum atomic E-state index is -0.824. The van der Waals surface area contributed by atoms with Gasteiger partial charge in [0, 0.05) is 6.07 Å². The van der Waals surface area contributed by atoms with Crippen LogP contribution < -0.4 is 19.7 Å². The van der Waals surface area contributed by atoms with Crippen molar-refractivity contribution in [2.24, 2.45) is 0 Å². The number of nitrogens with zero attached hydrogens (tertiary/aromatic N) is 1. The molecule has 9 heteroatoms. The highest BCUT2D eigenvalue weighted by Crippen LogP contribution is 2.29. The lowest BCUT2D eigenvalue weighted by Crippen LogP contribution is -2.36. The third kappa shape index (κ3) is 4.18. The maximum absolute atomic E-state index is 12.1. The molecule has 0 bridgehead atoms. The lowest BCUT2D eigenvalue weighted by atomic mass is 10.1. The highest BCUT2D eigenvalue weighted by molar-refractivity contribution is 6.52. The highest BCUT2D eigenvalue weighted by Gasteiger charge is 2.36. The first kappa shape index (κ1) is 19.9. The van der Waals surface area contributed by atoms with Crippen LogP contribution in [0.5, 0.6) is 11.5 Å². The van der Waals surface area contributed by atoms with Crippen molar-refractivity contribution in [3.63, 3.8) is 0 Å². The topological polar surface area (TPSA) is 111 Å². The smallest absolute Gasteiger partial charge is 0.326 e. The first-order chi connectivity index (χ1) is 13.9. The molecule has 2 amide bonds. The average molecular weight is 398 g/mol. The van der Waals surface area contributed by atoms with Crippen molar-refractivity contribution in [2.45, 2.75) is 0 Å². The molecule has 29 heavy (non-hydrogen) atoms. The maximum Gasteiger partial charge on any atom is 0.326 e. The van der Waals surface area contributed by atoms with Crippen molar-refractivity contribution in [3.8, 4) is 11.5 Å². The van der Waals surface area contributed by atoms with Crippen LogP contribution in [0.25, 0.3) is 0 Å². The summed E-state index contributed by atoms with van der Waals surface area (Å²) in [5.74, 6) is -2.01. The van der Waals surface area contributed by atoms with Gasteiger partial charge in [0.05, 0.1) is 31.2 Å². The Labute approximate surface area is 166 Å². The van der Waals surface area contributed by atoms with Crippen LogP contribution >= 0.6 is 0 Å². The van der Waals surface area contributed by atoms with Gasteiger partial charge in [0.15, 0.2) is 6.61 Å². The molecule has 2 aromatic rings. The highest BCUT2D eigenvalue weighted by atomic mass is 16.5. The fourth-order valence-electron chi connectivity index (χ4n) is 2.82. The predicted octanol–water partition coefficient (Wildman–Crippen LogP) is 1.41. The van der Waals surface area contributed by atoms with Gasteiger partial charge >= 0.3 is 5.97 Å². The summed E-state index contributed by atoms with van der Waals surface area (Å²) in [5.41, 5.74) is 0.917. The summed E-state index contributed by atoms with van der Waals surface area (Å²) in [6.45, 7) is -1.05. The summed E-state index contributed by atoms with van der Waals surface area (Å²) < 4.78 is 15.2. The zero-order chi connectivity index (χ0) is 21.0. The molecule has 1 N–H and O–H groups in total. The number of rotatable bonds is 7. The molecular weight excluding hydrogens is 380 g/mol. The van der Waals surface area contributed by atoms with Crippen molar-refractivity contribution in [3.05, 3.63) is 48.0 Å². The van der Waals surface area contributed by atoms with Crippen LogP contribution in [0.15, 0.2) is 42.5 Å². The van der Waals surface area contributed by atoms with E-state index in [0.29, 0.717) is 22.9 Å². The number of amides is 2. The maximum atomic E-state index is 12.1. The Balaban J connectivity index is 1.58. The van der Waals surface area contributed by atoms with Crippen LogP contribution in [0, 0.1) is 0 Å². The number of para-hydroxylation sites is 1. The fraction of sp³-hybridized carbons (Fsp3) is 0.200. The molecule has 2 aromatic carbocycles. The summed E-state index contributed by atoms with van der Waals surface area (Å²) in [7, 11) is 2.93. The third-order valence-corrected chi connectivity index (χ3v) is 4.21. The van der Waals surface area contributed by atoms with Crippen LogP contribution in [0.1, 0.15) is 10.4 Å². The average Bonchev–Trinajstić information content (AvgIpc) is 2.97. The second-order valence-corrected chi connectivity index (χ2v) is 6.01. The molecule has 0 aliphatic carbocycles. The van der Waals surface area contributed by atoms with E-state index in [1.807, 2.05) is 0 Å². The van der Waals surface area contributed by atoms with Crippen molar-refractivity contribution in [1.82, 2.24) is 0 Å². The van der Waals surface area contributed by atoms with Crippen molar-refractivity contribution >= 4 is 34.9 Å². The Morgan fingerprint density at radius 1 is 1.03 bits per heavy atom. The van der Waals surface area contributed by atoms with Crippen LogP contribution in [0.3, 0.4) is 0 Å². The van der Waals surface area contributed by atoms with Crippen molar-refractivity contribution in [1.29, 1.82) is 0 Å². The number of anilines is 2. The Bertz CT molecular complexity index is 987. The first-order valence-corrected chi connectivity index (χ1v) is 8.57. The molecule has 150 valence electrons. The van der Waals surface area contributed by atoms with E-state index >= 15 is 0 Å². The lowest BCUT2D eigenvalue weighted by Gasteiger charge is -2.15. The van der Waals surface area contributed by atoms with Gasteiger partial charge in [-0.15, -0.1) is 0 Å². The largest absolute Gasteiger partial charge is 0.497 e. The van der Waals surface area contributed by atoms with E-state index < -0.39 is 36.7 Å². The van der Waals surface area contributed by atoms with Gasteiger partial charge in [-0.1, -0.05) is 12.1 Å². The second-order valence-electron chi connectivity index (χ2n) is 6.01. The first-order valence-electron chi connectivity index (χ1n) is 8.57. The summed E-state index contributed by atoms with van der Waals surface area (Å²) in [6.07, 6.45) is 0. The van der Waals surface area contributed by atoms with E-state index in [4.69, 9.17) is 14.2 Å². The van der Waals surface area contributed by atoms with Gasteiger partial charge in [0.2, 0.25) is 0 Å². The van der Waals surface area contributed by atoms with Gasteiger partial charge in [-0.2, -0.15) is 0 Å². The van der Waals surface area contributed by atoms with Crippen molar-refractivity contribution < 1.29 is 33.4 Å². The molecule has 0 saturated heterocycles. The fourth-order valence-corrected chi connectivity index (χ4v) is 2.82. The number of nitrogens with one attached hydrogen (secondary N) is 1. The monoisotopic (exact) mass is 398 g/mol. The molecule has 0 aromatic heterocycles. The van der Waals surface area contributed by atoms with E-state index in [1.165, 1.54) is 20.3 Å². The summed E-state index contributed by atoms with van der Waals surface area (Å²) in [5, 5.41) is 2.56. The number of fused-ring (bicyclic) bond motifs is 1. The Kier molecular flexibility index (Phi) is 5.77. The molecule has 0 fully saturated rings. The number of hydrogen-bond acceptors (Lipinski definition) is 7. The van der Waals surface area contributed by atoms with E-state index in [2.05, 4.69) is 5.32 Å². The zero-order valence-electron chi connectivity index (χ0n) is 15.8. The SMILES string of the molecule is COc1ccc(OC)c(NC(=O)COC(=O)CN2C(=O)C(=O)c3ccccc32)c1. The zero-order valence-corrected chi connectivity index (χ0v) is 15.8. The van der Waals surface area contributed by atoms with Gasteiger partial charge in [-0.25, -0.2) is 0 Å². The van der Waals surface area contributed by atoms with E-state index in [9.17, 15) is 19.2 Å². The Morgan fingerprint density at radius 3 is 2.52 bits per heavy atom. The number of hydrogen-bond donors (Lipinski definition) is 1. The van der Waals surface area contributed by atoms with Gasteiger partial charge in [0.25, 0.3) is 17.6 Å². The molecule has 9 nitrogen and oxygen atoms in total. The van der Waals surface area contributed by atoms with Gasteiger partial charge < -0.3 is 19.5 Å². The normalized spacial score (nSPS) is 12.4. The quantitative estimate of drug-likeness (QED) is 0.554. The number of ether oxygens (including phenoxy) is 3. The Hall–Kier alpha value is -3.88. The number of carbonyl (C=O) groups is 4. The van der Waals surface area contributed by atoms with Crippen LogP contribution in [-0.4, -0.2) is 50.9 Å². The molecule has 0 atom stereocenters. The number of methoxy groups -OCH3 is 2. The molecular formula is C20H18N2O7. The van der Waals surface area contributed by atoms with Gasteiger partial charge in [0.1, 0.15) is 18.0 Å². The molecule has 3 rings (SSSR count). The number of benzene rings is 2. The summed E-state index contributed by atoms with van der Waals surface area (Å²) >= 11 is 0. The van der Waals surface area contributed by atoms with E-state index in [1.54, 1.807) is 36.4 Å². The number of esters is 1. The summed E-state index contributed by atoms with van der Waals surface area (Å²) in [4.78, 5) is 49.2. The van der Waals surface area contributed by atoms with E-state index in [0.717, 1.165) is 4.90 Å². The molecule has 0 saturated carbocycles. The van der Waals surface area contributed by atoms with Crippen LogP contribution in [0.4, 0.5) is 11.4 Å². The molecule has 1 heterocycles. The Morgan fingerprint density at radius 2 is 1.79 bits per heavy atom. The minimum Gasteiger partial charge on any atom is -0.497 e. The number of carbonyl (C=O) groups excluding carboxylic acids is 4. The van der Waals surface area contributed by atoms with Crippen LogP contribution in [0.2, 0.25) is 0 Å². The molecule has 1 aliphatic rings. The standard InChI is InChI=1S/C20H18N2O7/c1-27-12-7-8-16(28-2)14(9-12)21-17(23)11-29-18(24)10-22-15-6-4-3-5-13(15)19(25)20(22)26/h3-9H,10-11H2,1-2H3,(H,21,23). The summed E-state index contributed by atoms with van der Waals surface area (Å²) in [6, 6.07) is 11.2. The number of Topliss-reactive ketones (excluding diaryl/α,β-unsaturated/α-hetero) is 1. The van der Waals surface area contributed by atoms with E-state index in [-0.39, 0.29) is 5.56 Å². The third-order valence-electron chi connectivity index (χ3n) is 4.21. The minimum absolute atomic E-state index is 0.230. The van der Waals surface area contributed by atoms with Crippen LogP contribution in [-0.2, 0) is 19.1 Å².